The Labute approximate surface area is 88.7 Å². The highest BCUT2D eigenvalue weighted by molar-refractivity contribution is 4.99. The quantitative estimate of drug-likeness (QED) is 0.712. The van der Waals surface area contributed by atoms with E-state index in [1.807, 2.05) is 0 Å². The smallest absolute Gasteiger partial charge is 0.0212 e. The van der Waals surface area contributed by atoms with Crippen molar-refractivity contribution in [2.24, 2.45) is 11.8 Å². The van der Waals surface area contributed by atoms with Gasteiger partial charge in [0.1, 0.15) is 0 Å². The monoisotopic (exact) mass is 195 g/mol. The number of nitrogens with one attached hydrogen (secondary N) is 1. The van der Waals surface area contributed by atoms with E-state index < -0.39 is 0 Å². The predicted octanol–water partition coefficient (Wildman–Crippen LogP) is 3.34. The zero-order chi connectivity index (χ0) is 10.0. The first-order valence-corrected chi connectivity index (χ1v) is 6.48. The van der Waals surface area contributed by atoms with Crippen molar-refractivity contribution < 1.29 is 0 Å². The zero-order valence-corrected chi connectivity index (χ0v) is 9.81. The Morgan fingerprint density at radius 3 is 2.79 bits per heavy atom. The molecule has 0 spiro atoms. The molecule has 1 aliphatic heterocycles. The normalized spacial score (nSPS) is 38.4. The van der Waals surface area contributed by atoms with Gasteiger partial charge in [-0.3, -0.25) is 0 Å². The molecule has 1 saturated heterocycles. The Morgan fingerprint density at radius 1 is 1.21 bits per heavy atom. The third kappa shape index (κ3) is 1.98. The van der Waals surface area contributed by atoms with Crippen molar-refractivity contribution in [1.82, 2.24) is 5.32 Å². The van der Waals surface area contributed by atoms with E-state index in [1.54, 1.807) is 0 Å². The fourth-order valence-electron chi connectivity index (χ4n) is 3.72. The molecule has 1 aliphatic carbocycles. The Balaban J connectivity index is 2.08. The van der Waals surface area contributed by atoms with Gasteiger partial charge in [-0.25, -0.2) is 0 Å². The lowest BCUT2D eigenvalue weighted by atomic mass is 9.65. The van der Waals surface area contributed by atoms with E-state index in [0.29, 0.717) is 5.54 Å². The third-order valence-electron chi connectivity index (χ3n) is 4.19. The van der Waals surface area contributed by atoms with Gasteiger partial charge in [0, 0.05) is 5.54 Å². The number of hydrogen-bond donors (Lipinski definition) is 1. The molecular formula is C13H25N. The Morgan fingerprint density at radius 2 is 2.00 bits per heavy atom. The minimum Gasteiger partial charge on any atom is -0.311 e. The van der Waals surface area contributed by atoms with Crippen LogP contribution in [0.15, 0.2) is 0 Å². The minimum atomic E-state index is 0.546. The van der Waals surface area contributed by atoms with Crippen LogP contribution < -0.4 is 5.32 Å². The van der Waals surface area contributed by atoms with Crippen LogP contribution in [0.5, 0.6) is 0 Å². The van der Waals surface area contributed by atoms with Crippen molar-refractivity contribution in [3.8, 4) is 0 Å². The van der Waals surface area contributed by atoms with Crippen LogP contribution in [0.2, 0.25) is 0 Å². The maximum Gasteiger partial charge on any atom is 0.0212 e. The summed E-state index contributed by atoms with van der Waals surface area (Å²) in [7, 11) is 0. The van der Waals surface area contributed by atoms with Crippen molar-refractivity contribution in [3.63, 3.8) is 0 Å². The lowest BCUT2D eigenvalue weighted by Crippen LogP contribution is -2.56. The van der Waals surface area contributed by atoms with Crippen LogP contribution in [-0.4, -0.2) is 12.1 Å². The molecule has 14 heavy (non-hydrogen) atoms. The molecule has 2 unspecified atom stereocenters. The van der Waals surface area contributed by atoms with Crippen LogP contribution in [-0.2, 0) is 0 Å². The lowest BCUT2D eigenvalue weighted by Gasteiger charge is -2.49. The lowest BCUT2D eigenvalue weighted by molar-refractivity contribution is 0.0809. The average molecular weight is 195 g/mol. The molecule has 1 saturated carbocycles. The van der Waals surface area contributed by atoms with E-state index in [0.717, 1.165) is 11.8 Å². The van der Waals surface area contributed by atoms with Crippen molar-refractivity contribution >= 4 is 0 Å². The van der Waals surface area contributed by atoms with E-state index >= 15 is 0 Å². The molecule has 0 aromatic carbocycles. The summed E-state index contributed by atoms with van der Waals surface area (Å²) < 4.78 is 0. The van der Waals surface area contributed by atoms with Gasteiger partial charge in [-0.1, -0.05) is 26.7 Å². The van der Waals surface area contributed by atoms with Gasteiger partial charge in [-0.15, -0.1) is 0 Å². The van der Waals surface area contributed by atoms with Crippen LogP contribution in [0.3, 0.4) is 0 Å². The topological polar surface area (TPSA) is 12.0 Å². The van der Waals surface area contributed by atoms with Gasteiger partial charge in [0.2, 0.25) is 0 Å². The number of piperidine rings is 1. The first-order chi connectivity index (χ1) is 6.73. The van der Waals surface area contributed by atoms with E-state index in [2.05, 4.69) is 19.2 Å². The summed E-state index contributed by atoms with van der Waals surface area (Å²) in [6.45, 7) is 6.01. The maximum absolute atomic E-state index is 3.87. The molecule has 2 atom stereocenters. The molecule has 1 N–H and O–H groups in total. The van der Waals surface area contributed by atoms with E-state index in [1.165, 1.54) is 51.5 Å². The van der Waals surface area contributed by atoms with Gasteiger partial charge < -0.3 is 5.32 Å². The van der Waals surface area contributed by atoms with E-state index in [-0.39, 0.29) is 0 Å². The Hall–Kier alpha value is -0.0400. The number of rotatable bonds is 2. The minimum absolute atomic E-state index is 0.546. The van der Waals surface area contributed by atoms with Crippen LogP contribution in [0, 0.1) is 11.8 Å². The van der Waals surface area contributed by atoms with Crippen molar-refractivity contribution in [2.75, 3.05) is 6.54 Å². The molecule has 1 heterocycles. The average Bonchev–Trinajstić information content (AvgIpc) is 2.16. The summed E-state index contributed by atoms with van der Waals surface area (Å²) in [5.41, 5.74) is 0.546. The molecule has 2 rings (SSSR count). The summed E-state index contributed by atoms with van der Waals surface area (Å²) in [6, 6.07) is 0. The standard InChI is InChI=1S/C13H25N/c1-11(2)10-13-8-4-3-6-12(13)7-5-9-14-13/h11-12,14H,3-10H2,1-2H3. The van der Waals surface area contributed by atoms with Crippen molar-refractivity contribution in [2.45, 2.75) is 64.3 Å². The molecule has 0 aromatic heterocycles. The highest BCUT2D eigenvalue weighted by Gasteiger charge is 2.41. The Kier molecular flexibility index (Phi) is 3.16. The van der Waals surface area contributed by atoms with Crippen LogP contribution >= 0.6 is 0 Å². The van der Waals surface area contributed by atoms with Gasteiger partial charge in [-0.2, -0.15) is 0 Å². The first-order valence-electron chi connectivity index (χ1n) is 6.48. The van der Waals surface area contributed by atoms with Gasteiger partial charge >= 0.3 is 0 Å². The highest BCUT2D eigenvalue weighted by atomic mass is 15.0. The number of fused-ring (bicyclic) bond motifs is 1. The summed E-state index contributed by atoms with van der Waals surface area (Å²) >= 11 is 0. The maximum atomic E-state index is 3.87. The Bertz CT molecular complexity index is 174. The van der Waals surface area contributed by atoms with Crippen LogP contribution in [0.25, 0.3) is 0 Å². The molecule has 2 fully saturated rings. The largest absolute Gasteiger partial charge is 0.311 e. The summed E-state index contributed by atoms with van der Waals surface area (Å²) in [4.78, 5) is 0. The second-order valence-electron chi connectivity index (χ2n) is 5.77. The van der Waals surface area contributed by atoms with Crippen molar-refractivity contribution in [3.05, 3.63) is 0 Å². The van der Waals surface area contributed by atoms with Gasteiger partial charge in [0.05, 0.1) is 0 Å². The van der Waals surface area contributed by atoms with E-state index in [4.69, 9.17) is 0 Å². The highest BCUT2D eigenvalue weighted by Crippen LogP contribution is 2.42. The fourth-order valence-corrected chi connectivity index (χ4v) is 3.72. The van der Waals surface area contributed by atoms with Crippen LogP contribution in [0.1, 0.15) is 58.8 Å². The molecule has 0 bridgehead atoms. The zero-order valence-electron chi connectivity index (χ0n) is 9.81. The molecule has 0 aromatic rings. The molecule has 2 aliphatic rings. The van der Waals surface area contributed by atoms with Crippen LogP contribution in [0.4, 0.5) is 0 Å². The molecular weight excluding hydrogens is 170 g/mol. The fraction of sp³-hybridized carbons (Fsp3) is 1.00. The molecule has 0 amide bonds. The molecule has 1 nitrogen and oxygen atoms in total. The number of hydrogen-bond acceptors (Lipinski definition) is 1. The van der Waals surface area contributed by atoms with Gasteiger partial charge in [0.25, 0.3) is 0 Å². The predicted molar refractivity (Wildman–Crippen MR) is 61.4 cm³/mol. The SMILES string of the molecule is CC(C)CC12CCCCC1CCCN2. The molecule has 82 valence electrons. The molecule has 1 heteroatoms. The summed E-state index contributed by atoms with van der Waals surface area (Å²) in [5.74, 6) is 1.84. The molecule has 0 radical (unpaired) electrons. The second kappa shape index (κ2) is 4.22. The third-order valence-corrected chi connectivity index (χ3v) is 4.19. The summed E-state index contributed by atoms with van der Waals surface area (Å²) in [5, 5.41) is 3.87. The van der Waals surface area contributed by atoms with Gasteiger partial charge in [0.15, 0.2) is 0 Å². The van der Waals surface area contributed by atoms with Crippen molar-refractivity contribution in [1.29, 1.82) is 0 Å². The first kappa shape index (κ1) is 10.5. The van der Waals surface area contributed by atoms with Gasteiger partial charge in [-0.05, 0) is 50.5 Å². The van der Waals surface area contributed by atoms with E-state index in [9.17, 15) is 0 Å². The summed E-state index contributed by atoms with van der Waals surface area (Å²) in [6.07, 6.45) is 10.2. The second-order valence-corrected chi connectivity index (χ2v) is 5.77.